The zero-order valence-electron chi connectivity index (χ0n) is 19.9. The summed E-state index contributed by atoms with van der Waals surface area (Å²) in [5, 5.41) is 0. The van der Waals surface area contributed by atoms with Crippen LogP contribution in [0.25, 0.3) is 11.0 Å². The Kier molecular flexibility index (Phi) is 5.98. The number of methoxy groups -OCH3 is 1. The van der Waals surface area contributed by atoms with E-state index in [0.29, 0.717) is 13.3 Å². The molecular weight excluding hydrogens is 442 g/mol. The minimum atomic E-state index is 0.315. The van der Waals surface area contributed by atoms with Gasteiger partial charge in [0.2, 0.25) is 6.79 Å². The first-order valence-corrected chi connectivity index (χ1v) is 12.0. The maximum absolute atomic E-state index is 5.60. The number of fused-ring (bicyclic) bond motifs is 2. The highest BCUT2D eigenvalue weighted by Gasteiger charge is 2.21. The van der Waals surface area contributed by atoms with Gasteiger partial charge in [0, 0.05) is 44.5 Å². The molecule has 0 amide bonds. The van der Waals surface area contributed by atoms with Crippen LogP contribution in [0.4, 0.5) is 0 Å². The molecule has 0 N–H and O–H groups in total. The molecule has 0 saturated carbocycles. The number of benzene rings is 2. The Morgan fingerprint density at radius 3 is 2.54 bits per heavy atom. The second-order valence-electron chi connectivity index (χ2n) is 9.03. The van der Waals surface area contributed by atoms with Crippen molar-refractivity contribution in [2.24, 2.45) is 0 Å². The number of hydrogen-bond donors (Lipinski definition) is 0. The minimum Gasteiger partial charge on any atom is -0.496 e. The van der Waals surface area contributed by atoms with Crippen LogP contribution in [0.3, 0.4) is 0 Å². The second kappa shape index (κ2) is 9.56. The lowest BCUT2D eigenvalue weighted by atomic mass is 10.1. The van der Waals surface area contributed by atoms with Gasteiger partial charge in [-0.3, -0.25) is 14.8 Å². The van der Waals surface area contributed by atoms with E-state index in [9.17, 15) is 0 Å². The van der Waals surface area contributed by atoms with E-state index < -0.39 is 0 Å². The molecule has 0 atom stereocenters. The largest absolute Gasteiger partial charge is 0.496 e. The summed E-state index contributed by atoms with van der Waals surface area (Å²) in [4.78, 5) is 14.2. The van der Waals surface area contributed by atoms with E-state index in [-0.39, 0.29) is 0 Å². The van der Waals surface area contributed by atoms with E-state index in [0.717, 1.165) is 78.9 Å². The van der Waals surface area contributed by atoms with Crippen LogP contribution >= 0.6 is 0 Å². The number of para-hydroxylation sites is 1. The lowest BCUT2D eigenvalue weighted by Gasteiger charge is -2.34. The van der Waals surface area contributed by atoms with Crippen molar-refractivity contribution in [2.45, 2.75) is 19.6 Å². The molecule has 0 bridgehead atoms. The normalized spacial score (nSPS) is 16.1. The summed E-state index contributed by atoms with van der Waals surface area (Å²) in [5.74, 6) is 3.64. The molecular formula is C27H29N5O3. The van der Waals surface area contributed by atoms with Crippen LogP contribution in [0.2, 0.25) is 0 Å². The fourth-order valence-electron chi connectivity index (χ4n) is 4.94. The van der Waals surface area contributed by atoms with E-state index in [1.54, 1.807) is 7.11 Å². The SMILES string of the molecule is COc1ccccc1Cn1c(CN2CCN(Cc3ccc4c(c3)OCO4)CC2)nc2cnccc21. The highest BCUT2D eigenvalue weighted by atomic mass is 16.7. The molecule has 6 rings (SSSR count). The van der Waals surface area contributed by atoms with Gasteiger partial charge in [-0.25, -0.2) is 4.98 Å². The first-order chi connectivity index (χ1) is 17.3. The molecule has 8 nitrogen and oxygen atoms in total. The van der Waals surface area contributed by atoms with Gasteiger partial charge in [0.05, 0.1) is 31.9 Å². The monoisotopic (exact) mass is 471 g/mol. The van der Waals surface area contributed by atoms with Crippen molar-refractivity contribution in [3.63, 3.8) is 0 Å². The van der Waals surface area contributed by atoms with E-state index in [1.165, 1.54) is 5.56 Å². The van der Waals surface area contributed by atoms with Gasteiger partial charge < -0.3 is 18.8 Å². The summed E-state index contributed by atoms with van der Waals surface area (Å²) in [7, 11) is 1.72. The number of nitrogens with zero attached hydrogens (tertiary/aromatic N) is 5. The Morgan fingerprint density at radius 1 is 0.886 bits per heavy atom. The van der Waals surface area contributed by atoms with E-state index >= 15 is 0 Å². The van der Waals surface area contributed by atoms with Gasteiger partial charge in [0.25, 0.3) is 0 Å². The van der Waals surface area contributed by atoms with Crippen molar-refractivity contribution in [1.82, 2.24) is 24.3 Å². The number of ether oxygens (including phenoxy) is 3. The lowest BCUT2D eigenvalue weighted by Crippen LogP contribution is -2.45. The van der Waals surface area contributed by atoms with Gasteiger partial charge in [-0.1, -0.05) is 24.3 Å². The molecule has 2 aliphatic rings. The van der Waals surface area contributed by atoms with E-state index in [1.807, 2.05) is 36.7 Å². The predicted molar refractivity (Wildman–Crippen MR) is 133 cm³/mol. The van der Waals surface area contributed by atoms with Crippen LogP contribution in [0, 0.1) is 0 Å². The van der Waals surface area contributed by atoms with Crippen molar-refractivity contribution in [3.8, 4) is 17.2 Å². The van der Waals surface area contributed by atoms with Crippen molar-refractivity contribution in [1.29, 1.82) is 0 Å². The Labute approximate surface area is 204 Å². The Balaban J connectivity index is 1.15. The summed E-state index contributed by atoms with van der Waals surface area (Å²) < 4.78 is 18.9. The first kappa shape index (κ1) is 21.9. The lowest BCUT2D eigenvalue weighted by molar-refractivity contribution is 0.119. The Bertz CT molecular complexity index is 1330. The molecule has 4 heterocycles. The zero-order valence-corrected chi connectivity index (χ0v) is 19.9. The average Bonchev–Trinajstić information content (AvgIpc) is 3.50. The number of pyridine rings is 1. The summed E-state index contributed by atoms with van der Waals surface area (Å²) in [6, 6.07) is 16.5. The maximum Gasteiger partial charge on any atom is 0.231 e. The maximum atomic E-state index is 5.60. The summed E-state index contributed by atoms with van der Waals surface area (Å²) in [6.45, 7) is 6.79. The van der Waals surface area contributed by atoms with Gasteiger partial charge in [0.15, 0.2) is 11.5 Å². The standard InChI is InChI=1S/C27H29N5O3/c1-33-24-5-3-2-4-21(24)17-32-23-8-9-28-15-22(23)29-27(32)18-31-12-10-30(11-13-31)16-20-6-7-25-26(14-20)35-19-34-25/h2-9,14-15H,10-13,16-19H2,1H3. The van der Waals surface area contributed by atoms with Gasteiger partial charge in [-0.15, -0.1) is 0 Å². The molecule has 8 heteroatoms. The highest BCUT2D eigenvalue weighted by Crippen LogP contribution is 2.33. The quantitative estimate of drug-likeness (QED) is 0.409. The number of imidazole rings is 1. The first-order valence-electron chi connectivity index (χ1n) is 12.0. The molecule has 0 spiro atoms. The number of rotatable bonds is 7. The van der Waals surface area contributed by atoms with Crippen LogP contribution in [0.5, 0.6) is 17.2 Å². The van der Waals surface area contributed by atoms with Crippen molar-refractivity contribution < 1.29 is 14.2 Å². The van der Waals surface area contributed by atoms with Gasteiger partial charge >= 0.3 is 0 Å². The zero-order chi connectivity index (χ0) is 23.6. The minimum absolute atomic E-state index is 0.315. The summed E-state index contributed by atoms with van der Waals surface area (Å²) in [5.41, 5.74) is 4.43. The van der Waals surface area contributed by atoms with Crippen LogP contribution in [0.15, 0.2) is 60.9 Å². The van der Waals surface area contributed by atoms with Crippen LogP contribution in [-0.4, -0.2) is 64.4 Å². The summed E-state index contributed by atoms with van der Waals surface area (Å²) >= 11 is 0. The molecule has 0 aliphatic carbocycles. The molecule has 2 aromatic carbocycles. The van der Waals surface area contributed by atoms with Gasteiger partial charge in [-0.2, -0.15) is 0 Å². The van der Waals surface area contributed by atoms with Crippen molar-refractivity contribution in [2.75, 3.05) is 40.1 Å². The van der Waals surface area contributed by atoms with E-state index in [2.05, 4.69) is 43.6 Å². The van der Waals surface area contributed by atoms with Crippen LogP contribution in [-0.2, 0) is 19.6 Å². The molecule has 1 fully saturated rings. The fraction of sp³-hybridized carbons (Fsp3) is 0.333. The van der Waals surface area contributed by atoms with Gasteiger partial charge in [-0.05, 0) is 29.8 Å². The highest BCUT2D eigenvalue weighted by molar-refractivity contribution is 5.74. The number of hydrogen-bond acceptors (Lipinski definition) is 7. The smallest absolute Gasteiger partial charge is 0.231 e. The molecule has 2 aliphatic heterocycles. The third kappa shape index (κ3) is 4.54. The topological polar surface area (TPSA) is 64.9 Å². The molecule has 35 heavy (non-hydrogen) atoms. The Hall–Kier alpha value is -3.62. The van der Waals surface area contributed by atoms with E-state index in [4.69, 9.17) is 19.2 Å². The van der Waals surface area contributed by atoms with Gasteiger partial charge in [0.1, 0.15) is 17.1 Å². The van der Waals surface area contributed by atoms with Crippen molar-refractivity contribution >= 4 is 11.0 Å². The summed E-state index contributed by atoms with van der Waals surface area (Å²) in [6.07, 6.45) is 3.68. The van der Waals surface area contributed by atoms with Crippen LogP contribution < -0.4 is 14.2 Å². The van der Waals surface area contributed by atoms with Crippen LogP contribution in [0.1, 0.15) is 17.0 Å². The Morgan fingerprint density at radius 2 is 1.69 bits per heavy atom. The molecule has 2 aromatic heterocycles. The second-order valence-corrected chi connectivity index (χ2v) is 9.03. The third-order valence-electron chi connectivity index (χ3n) is 6.82. The average molecular weight is 472 g/mol. The molecule has 0 radical (unpaired) electrons. The number of aromatic nitrogens is 3. The molecule has 4 aromatic rings. The molecule has 0 unspecified atom stereocenters. The predicted octanol–water partition coefficient (Wildman–Crippen LogP) is 3.53. The third-order valence-corrected chi connectivity index (χ3v) is 6.82. The molecule has 180 valence electrons. The number of piperazine rings is 1. The van der Waals surface area contributed by atoms with Crippen molar-refractivity contribution in [3.05, 3.63) is 77.9 Å². The molecule has 1 saturated heterocycles. The fourth-order valence-corrected chi connectivity index (χ4v) is 4.94.